The molecule has 9 nitrogen and oxygen atoms in total. The second kappa shape index (κ2) is 5.78. The Morgan fingerprint density at radius 1 is 1.62 bits per heavy atom. The molecule has 0 fully saturated rings. The summed E-state index contributed by atoms with van der Waals surface area (Å²) in [7, 11) is 0. The lowest BCUT2D eigenvalue weighted by atomic mass is 10.4. The lowest BCUT2D eigenvalue weighted by Gasteiger charge is -1.99. The van der Waals surface area contributed by atoms with Crippen LogP contribution in [0.15, 0.2) is 6.20 Å². The maximum Gasteiger partial charge on any atom is 0.332 e. The van der Waals surface area contributed by atoms with E-state index in [0.29, 0.717) is 13.1 Å². The van der Waals surface area contributed by atoms with Gasteiger partial charge in [0.05, 0.1) is 12.7 Å². The number of amides is 1. The van der Waals surface area contributed by atoms with Gasteiger partial charge >= 0.3 is 5.97 Å². The Balaban J connectivity index is 2.43. The summed E-state index contributed by atoms with van der Waals surface area (Å²) in [5, 5.41) is 15.4. The number of carboxylic acid groups (broad SMARTS) is 1. The number of carbonyl (C=O) groups is 2. The van der Waals surface area contributed by atoms with Gasteiger partial charge in [0.2, 0.25) is 0 Å². The number of hydrogen-bond acceptors (Lipinski definition) is 6. The summed E-state index contributed by atoms with van der Waals surface area (Å²) in [5.41, 5.74) is 7.23. The average molecular weight is 229 g/mol. The largest absolute Gasteiger partial charge is 0.479 e. The van der Waals surface area contributed by atoms with Gasteiger partial charge in [-0.3, -0.25) is 14.3 Å². The maximum absolute atomic E-state index is 11.3. The van der Waals surface area contributed by atoms with E-state index < -0.39 is 18.5 Å². The van der Waals surface area contributed by atoms with Crippen molar-refractivity contribution >= 4 is 11.9 Å². The number of carboxylic acids is 1. The highest BCUT2D eigenvalue weighted by molar-refractivity contribution is 5.91. The smallest absolute Gasteiger partial charge is 0.332 e. The lowest BCUT2D eigenvalue weighted by Crippen LogP contribution is -2.26. The van der Waals surface area contributed by atoms with E-state index in [1.165, 1.54) is 10.9 Å². The number of carbonyl (C=O) groups excluding carboxylic acids is 1. The number of nitrogens with zero attached hydrogens (tertiary/aromatic N) is 3. The Bertz CT molecular complexity index is 377. The Labute approximate surface area is 90.1 Å². The van der Waals surface area contributed by atoms with Crippen molar-refractivity contribution in [3.8, 4) is 0 Å². The fourth-order valence-corrected chi connectivity index (χ4v) is 0.860. The van der Waals surface area contributed by atoms with E-state index in [0.717, 1.165) is 0 Å². The van der Waals surface area contributed by atoms with Crippen molar-refractivity contribution < 1.29 is 19.5 Å². The third kappa shape index (κ3) is 3.63. The Hall–Kier alpha value is -2.00. The van der Waals surface area contributed by atoms with Crippen LogP contribution in [-0.2, 0) is 16.2 Å². The first-order valence-corrected chi connectivity index (χ1v) is 4.37. The van der Waals surface area contributed by atoms with Gasteiger partial charge < -0.3 is 10.8 Å². The molecule has 9 heteroatoms. The SMILES string of the molecule is NCCn1cc(C(=O)NOCC(=O)O)nn1. The van der Waals surface area contributed by atoms with Crippen LogP contribution in [0.25, 0.3) is 0 Å². The molecule has 1 aromatic rings. The first kappa shape index (κ1) is 12.1. The van der Waals surface area contributed by atoms with Crippen LogP contribution < -0.4 is 11.2 Å². The van der Waals surface area contributed by atoms with Crippen molar-refractivity contribution in [2.24, 2.45) is 5.73 Å². The predicted octanol–water partition coefficient (Wildman–Crippen LogP) is -2.02. The first-order chi connectivity index (χ1) is 7.63. The molecule has 4 N–H and O–H groups in total. The van der Waals surface area contributed by atoms with Crippen molar-refractivity contribution in [2.45, 2.75) is 6.54 Å². The molecule has 0 aliphatic rings. The minimum absolute atomic E-state index is 0.0267. The van der Waals surface area contributed by atoms with Gasteiger partial charge in [-0.25, -0.2) is 10.3 Å². The standard InChI is InChI=1S/C7H11N5O4/c8-1-2-12-3-5(9-11-12)7(15)10-16-4-6(13)14/h3H,1-2,4,8H2,(H,10,15)(H,13,14). The molecule has 0 atom stereocenters. The number of nitrogens with two attached hydrogens (primary N) is 1. The summed E-state index contributed by atoms with van der Waals surface area (Å²) in [6.07, 6.45) is 1.38. The van der Waals surface area contributed by atoms with Crippen LogP contribution in [0, 0.1) is 0 Å². The maximum atomic E-state index is 11.3. The first-order valence-electron chi connectivity index (χ1n) is 4.37. The second-order valence-corrected chi connectivity index (χ2v) is 2.77. The molecule has 0 spiro atoms. The van der Waals surface area contributed by atoms with Crippen molar-refractivity contribution in [2.75, 3.05) is 13.2 Å². The predicted molar refractivity (Wildman–Crippen MR) is 50.1 cm³/mol. The molecule has 1 amide bonds. The minimum Gasteiger partial charge on any atom is -0.479 e. The van der Waals surface area contributed by atoms with E-state index in [1.807, 2.05) is 5.48 Å². The molecular weight excluding hydrogens is 218 g/mol. The van der Waals surface area contributed by atoms with Gasteiger partial charge in [-0.2, -0.15) is 0 Å². The molecule has 0 radical (unpaired) electrons. The highest BCUT2D eigenvalue weighted by atomic mass is 16.7. The highest BCUT2D eigenvalue weighted by Crippen LogP contribution is 1.92. The fourth-order valence-electron chi connectivity index (χ4n) is 0.860. The molecule has 0 aliphatic carbocycles. The van der Waals surface area contributed by atoms with Crippen LogP contribution in [0.3, 0.4) is 0 Å². The zero-order valence-electron chi connectivity index (χ0n) is 8.29. The molecule has 1 aromatic heterocycles. The Morgan fingerprint density at radius 3 is 3.00 bits per heavy atom. The van der Waals surface area contributed by atoms with Crippen LogP contribution in [0.1, 0.15) is 10.5 Å². The summed E-state index contributed by atoms with van der Waals surface area (Å²) < 4.78 is 1.39. The molecule has 0 unspecified atom stereocenters. The molecular formula is C7H11N5O4. The molecule has 0 saturated heterocycles. The highest BCUT2D eigenvalue weighted by Gasteiger charge is 2.10. The fraction of sp³-hybridized carbons (Fsp3) is 0.429. The summed E-state index contributed by atoms with van der Waals surface area (Å²) in [5.74, 6) is -1.85. The molecule has 0 saturated carbocycles. The minimum atomic E-state index is -1.19. The van der Waals surface area contributed by atoms with Gasteiger partial charge in [0, 0.05) is 6.54 Å². The van der Waals surface area contributed by atoms with E-state index in [9.17, 15) is 9.59 Å². The number of aromatic nitrogens is 3. The van der Waals surface area contributed by atoms with Crippen LogP contribution >= 0.6 is 0 Å². The third-order valence-electron chi connectivity index (χ3n) is 1.49. The summed E-state index contributed by atoms with van der Waals surface area (Å²) >= 11 is 0. The molecule has 0 aromatic carbocycles. The van der Waals surface area contributed by atoms with E-state index in [2.05, 4.69) is 15.1 Å². The topological polar surface area (TPSA) is 132 Å². The van der Waals surface area contributed by atoms with Crippen LogP contribution in [-0.4, -0.2) is 45.1 Å². The quantitative estimate of drug-likeness (QED) is 0.479. The molecule has 16 heavy (non-hydrogen) atoms. The van der Waals surface area contributed by atoms with Gasteiger partial charge in [0.25, 0.3) is 5.91 Å². The van der Waals surface area contributed by atoms with Gasteiger partial charge in [0.1, 0.15) is 0 Å². The zero-order chi connectivity index (χ0) is 12.0. The van der Waals surface area contributed by atoms with Crippen LogP contribution in [0.4, 0.5) is 0 Å². The monoisotopic (exact) mass is 229 g/mol. The van der Waals surface area contributed by atoms with Gasteiger partial charge in [-0.15, -0.1) is 5.10 Å². The Kier molecular flexibility index (Phi) is 4.36. The third-order valence-corrected chi connectivity index (χ3v) is 1.49. The summed E-state index contributed by atoms with van der Waals surface area (Å²) in [6.45, 7) is 0.193. The number of hydroxylamine groups is 1. The van der Waals surface area contributed by atoms with Crippen molar-refractivity contribution in [3.63, 3.8) is 0 Å². The molecule has 1 heterocycles. The summed E-state index contributed by atoms with van der Waals surface area (Å²) in [4.78, 5) is 25.7. The lowest BCUT2D eigenvalue weighted by molar-refractivity contribution is -0.144. The average Bonchev–Trinajstić information content (AvgIpc) is 2.66. The van der Waals surface area contributed by atoms with Crippen molar-refractivity contribution in [3.05, 3.63) is 11.9 Å². The number of hydrogen-bond donors (Lipinski definition) is 3. The van der Waals surface area contributed by atoms with Gasteiger partial charge in [-0.05, 0) is 0 Å². The molecule has 1 rings (SSSR count). The van der Waals surface area contributed by atoms with Gasteiger partial charge in [-0.1, -0.05) is 5.21 Å². The van der Waals surface area contributed by atoms with Gasteiger partial charge in [0.15, 0.2) is 12.3 Å². The van der Waals surface area contributed by atoms with Crippen molar-refractivity contribution in [1.82, 2.24) is 20.5 Å². The normalized spacial score (nSPS) is 10.1. The van der Waals surface area contributed by atoms with Crippen LogP contribution in [0.2, 0.25) is 0 Å². The number of nitrogens with one attached hydrogen (secondary N) is 1. The zero-order valence-corrected chi connectivity index (χ0v) is 8.29. The molecule has 0 aliphatic heterocycles. The van der Waals surface area contributed by atoms with E-state index in [4.69, 9.17) is 10.8 Å². The van der Waals surface area contributed by atoms with E-state index in [-0.39, 0.29) is 5.69 Å². The number of aliphatic carboxylic acids is 1. The van der Waals surface area contributed by atoms with E-state index in [1.54, 1.807) is 0 Å². The molecule has 0 bridgehead atoms. The van der Waals surface area contributed by atoms with Crippen molar-refractivity contribution in [1.29, 1.82) is 0 Å². The molecule has 88 valence electrons. The summed E-state index contributed by atoms with van der Waals surface area (Å²) in [6, 6.07) is 0. The van der Waals surface area contributed by atoms with Crippen LogP contribution in [0.5, 0.6) is 0 Å². The van der Waals surface area contributed by atoms with E-state index >= 15 is 0 Å². The second-order valence-electron chi connectivity index (χ2n) is 2.77. The number of rotatable bonds is 6. The Morgan fingerprint density at radius 2 is 2.38 bits per heavy atom.